The minimum atomic E-state index is -4.64. The van der Waals surface area contributed by atoms with Crippen molar-refractivity contribution < 1.29 is 31.5 Å². The van der Waals surface area contributed by atoms with Gasteiger partial charge in [0.25, 0.3) is 0 Å². The monoisotopic (exact) mass is 392 g/mol. The van der Waals surface area contributed by atoms with Crippen molar-refractivity contribution >= 4 is 34.8 Å². The second kappa shape index (κ2) is 7.69. The van der Waals surface area contributed by atoms with Crippen LogP contribution >= 0.6 is 11.6 Å². The first kappa shape index (κ1) is 19.6. The molecule has 2 rings (SSSR count). The van der Waals surface area contributed by atoms with Crippen LogP contribution in [0.4, 0.5) is 33.3 Å². The van der Waals surface area contributed by atoms with Crippen LogP contribution in [0.25, 0.3) is 0 Å². The van der Waals surface area contributed by atoms with Crippen LogP contribution in [0.1, 0.15) is 12.0 Å². The van der Waals surface area contributed by atoms with Gasteiger partial charge in [0, 0.05) is 6.07 Å². The molecule has 2 amide bonds. The highest BCUT2D eigenvalue weighted by molar-refractivity contribution is 6.33. The summed E-state index contributed by atoms with van der Waals surface area (Å²) < 4.78 is 64.2. The standard InChI is InChI=1S/C16H10ClF5N2O2/c17-10-3-1-8(16(20,21)22)5-13(10)24-15(26)7-14(25)23-12-4-2-9(18)6-11(12)19/h1-6H,7H2,(H,23,25)(H,24,26). The Hall–Kier alpha value is -2.68. The lowest BCUT2D eigenvalue weighted by Gasteiger charge is -2.12. The summed E-state index contributed by atoms with van der Waals surface area (Å²) in [5.74, 6) is -3.81. The molecule has 0 aliphatic heterocycles. The van der Waals surface area contributed by atoms with Crippen molar-refractivity contribution in [3.05, 3.63) is 58.6 Å². The van der Waals surface area contributed by atoms with Crippen molar-refractivity contribution in [2.24, 2.45) is 0 Å². The van der Waals surface area contributed by atoms with Crippen molar-refractivity contribution in [1.82, 2.24) is 0 Å². The number of carbonyl (C=O) groups excluding carboxylic acids is 2. The molecule has 0 saturated carbocycles. The van der Waals surface area contributed by atoms with Crippen LogP contribution in [0.15, 0.2) is 36.4 Å². The van der Waals surface area contributed by atoms with Gasteiger partial charge in [-0.1, -0.05) is 11.6 Å². The van der Waals surface area contributed by atoms with Gasteiger partial charge in [-0.15, -0.1) is 0 Å². The van der Waals surface area contributed by atoms with Crippen LogP contribution < -0.4 is 10.6 Å². The van der Waals surface area contributed by atoms with Gasteiger partial charge in [-0.25, -0.2) is 8.78 Å². The zero-order chi connectivity index (χ0) is 19.5. The molecule has 0 fully saturated rings. The van der Waals surface area contributed by atoms with E-state index in [2.05, 4.69) is 5.32 Å². The predicted octanol–water partition coefficient (Wildman–Crippen LogP) is 4.60. The van der Waals surface area contributed by atoms with Gasteiger partial charge in [-0.05, 0) is 30.3 Å². The van der Waals surface area contributed by atoms with Crippen LogP contribution in [0.3, 0.4) is 0 Å². The number of carbonyl (C=O) groups is 2. The number of alkyl halides is 3. The summed E-state index contributed by atoms with van der Waals surface area (Å²) in [6.45, 7) is 0. The van der Waals surface area contributed by atoms with E-state index in [1.807, 2.05) is 5.32 Å². The second-order valence-corrected chi connectivity index (χ2v) is 5.50. The Morgan fingerprint density at radius 2 is 1.54 bits per heavy atom. The number of hydrogen-bond donors (Lipinski definition) is 2. The highest BCUT2D eigenvalue weighted by Crippen LogP contribution is 2.33. The molecule has 0 spiro atoms. The number of hydrogen-bond acceptors (Lipinski definition) is 2. The van der Waals surface area contributed by atoms with Crippen LogP contribution in [-0.2, 0) is 15.8 Å². The molecule has 2 aromatic rings. The molecule has 0 aliphatic rings. The zero-order valence-electron chi connectivity index (χ0n) is 12.8. The van der Waals surface area contributed by atoms with Gasteiger partial charge in [0.05, 0.1) is 22.0 Å². The molecule has 0 unspecified atom stereocenters. The normalized spacial score (nSPS) is 11.2. The molecule has 2 aromatic carbocycles. The highest BCUT2D eigenvalue weighted by Gasteiger charge is 2.31. The molecule has 0 heterocycles. The molecule has 10 heteroatoms. The molecule has 0 atom stereocenters. The minimum Gasteiger partial charge on any atom is -0.324 e. The first-order valence-electron chi connectivity index (χ1n) is 6.98. The summed E-state index contributed by atoms with van der Waals surface area (Å²) in [5.41, 5.74) is -1.71. The van der Waals surface area contributed by atoms with Gasteiger partial charge in [0.2, 0.25) is 11.8 Å². The first-order valence-corrected chi connectivity index (χ1v) is 7.35. The second-order valence-electron chi connectivity index (χ2n) is 5.09. The third-order valence-corrected chi connectivity index (χ3v) is 3.42. The van der Waals surface area contributed by atoms with Crippen molar-refractivity contribution in [3.63, 3.8) is 0 Å². The van der Waals surface area contributed by atoms with Gasteiger partial charge in [0.15, 0.2) is 0 Å². The van der Waals surface area contributed by atoms with Crippen molar-refractivity contribution in [2.75, 3.05) is 10.6 Å². The zero-order valence-corrected chi connectivity index (χ0v) is 13.5. The maximum absolute atomic E-state index is 13.4. The number of rotatable bonds is 4. The maximum atomic E-state index is 13.4. The predicted molar refractivity (Wildman–Crippen MR) is 84.7 cm³/mol. The van der Waals surface area contributed by atoms with E-state index in [1.165, 1.54) is 0 Å². The van der Waals surface area contributed by atoms with Gasteiger partial charge in [-0.3, -0.25) is 9.59 Å². The molecule has 0 aromatic heterocycles. The summed E-state index contributed by atoms with van der Waals surface area (Å²) in [6, 6.07) is 4.72. The molecule has 0 saturated heterocycles. The van der Waals surface area contributed by atoms with E-state index in [1.54, 1.807) is 0 Å². The van der Waals surface area contributed by atoms with Gasteiger partial charge in [-0.2, -0.15) is 13.2 Å². The number of benzene rings is 2. The van der Waals surface area contributed by atoms with E-state index in [-0.39, 0.29) is 16.4 Å². The average Bonchev–Trinajstić information content (AvgIpc) is 2.51. The highest BCUT2D eigenvalue weighted by atomic mass is 35.5. The van der Waals surface area contributed by atoms with Crippen LogP contribution in [0, 0.1) is 11.6 Å². The lowest BCUT2D eigenvalue weighted by atomic mass is 10.2. The molecular formula is C16H10ClF5N2O2. The fourth-order valence-corrected chi connectivity index (χ4v) is 2.09. The smallest absolute Gasteiger partial charge is 0.324 e. The van der Waals surface area contributed by atoms with E-state index >= 15 is 0 Å². The minimum absolute atomic E-state index is 0.156. The topological polar surface area (TPSA) is 58.2 Å². The lowest BCUT2D eigenvalue weighted by Crippen LogP contribution is -2.22. The molecule has 4 nitrogen and oxygen atoms in total. The summed E-state index contributed by atoms with van der Waals surface area (Å²) >= 11 is 5.72. The Morgan fingerprint density at radius 3 is 2.12 bits per heavy atom. The van der Waals surface area contributed by atoms with Crippen molar-refractivity contribution in [1.29, 1.82) is 0 Å². The van der Waals surface area contributed by atoms with Crippen molar-refractivity contribution in [2.45, 2.75) is 12.6 Å². The van der Waals surface area contributed by atoms with Gasteiger partial charge < -0.3 is 10.6 Å². The number of amides is 2. The van der Waals surface area contributed by atoms with Crippen LogP contribution in [0.2, 0.25) is 5.02 Å². The Morgan fingerprint density at radius 1 is 0.923 bits per heavy atom. The average molecular weight is 393 g/mol. The van der Waals surface area contributed by atoms with Crippen LogP contribution in [0.5, 0.6) is 0 Å². The Kier molecular flexibility index (Phi) is 5.81. The largest absolute Gasteiger partial charge is 0.416 e. The molecule has 0 aliphatic carbocycles. The Balaban J connectivity index is 2.03. The third-order valence-electron chi connectivity index (χ3n) is 3.09. The molecule has 26 heavy (non-hydrogen) atoms. The van der Waals surface area contributed by atoms with E-state index in [0.29, 0.717) is 12.1 Å². The SMILES string of the molecule is O=C(CC(=O)Nc1cc(C(F)(F)F)ccc1Cl)Nc1ccc(F)cc1F. The molecular weight excluding hydrogens is 383 g/mol. The third kappa shape index (κ3) is 5.16. The summed E-state index contributed by atoms with van der Waals surface area (Å²) in [4.78, 5) is 23.5. The molecule has 138 valence electrons. The summed E-state index contributed by atoms with van der Waals surface area (Å²) in [5, 5.41) is 3.97. The summed E-state index contributed by atoms with van der Waals surface area (Å²) in [6.07, 6.45) is -5.45. The summed E-state index contributed by atoms with van der Waals surface area (Å²) in [7, 11) is 0. The van der Waals surface area contributed by atoms with Crippen LogP contribution in [-0.4, -0.2) is 11.8 Å². The van der Waals surface area contributed by atoms with E-state index in [4.69, 9.17) is 11.6 Å². The van der Waals surface area contributed by atoms with E-state index in [0.717, 1.165) is 24.3 Å². The lowest BCUT2D eigenvalue weighted by molar-refractivity contribution is -0.137. The van der Waals surface area contributed by atoms with E-state index in [9.17, 15) is 31.5 Å². The quantitative estimate of drug-likeness (QED) is 0.590. The Bertz CT molecular complexity index is 855. The van der Waals surface area contributed by atoms with Gasteiger partial charge >= 0.3 is 6.18 Å². The number of anilines is 2. The molecule has 0 radical (unpaired) electrons. The molecule has 0 bridgehead atoms. The Labute approximate surface area is 149 Å². The van der Waals surface area contributed by atoms with Crippen molar-refractivity contribution in [3.8, 4) is 0 Å². The fourth-order valence-electron chi connectivity index (χ4n) is 1.92. The fraction of sp³-hybridized carbons (Fsp3) is 0.125. The first-order chi connectivity index (χ1) is 12.1. The van der Waals surface area contributed by atoms with E-state index < -0.39 is 41.6 Å². The number of halogens is 6. The molecule has 2 N–H and O–H groups in total. The van der Waals surface area contributed by atoms with Gasteiger partial charge in [0.1, 0.15) is 18.1 Å². The maximum Gasteiger partial charge on any atom is 0.416 e. The number of nitrogens with one attached hydrogen (secondary N) is 2.